The van der Waals surface area contributed by atoms with Crippen LogP contribution in [0.5, 0.6) is 5.75 Å². The van der Waals surface area contributed by atoms with Gasteiger partial charge in [-0.2, -0.15) is 0 Å². The SMILES string of the molecule is O=c1ccnc(SCCCCOc2ccc(/C=C/c3ccc([N+](=O)[O-])cc3)cc2)[nH]1. The van der Waals surface area contributed by atoms with Gasteiger partial charge in [0.05, 0.1) is 11.5 Å². The standard InChI is InChI=1S/C22H21N3O4S/c26-21-13-14-23-22(24-21)30-16-2-1-15-29-20-11-7-18(8-12-20)4-3-17-5-9-19(10-6-17)25(27)28/h3-14H,1-2,15-16H2,(H,23,24,26)/b4-3+. The highest BCUT2D eigenvalue weighted by Crippen LogP contribution is 2.17. The largest absolute Gasteiger partial charge is 0.494 e. The minimum Gasteiger partial charge on any atom is -0.494 e. The zero-order chi connectivity index (χ0) is 21.2. The number of ether oxygens (including phenoxy) is 1. The van der Waals surface area contributed by atoms with Crippen LogP contribution in [0.15, 0.2) is 70.7 Å². The number of nitro benzene ring substituents is 1. The summed E-state index contributed by atoms with van der Waals surface area (Å²) in [6, 6.07) is 15.6. The number of nitro groups is 1. The molecule has 0 aliphatic rings. The third-order valence-corrected chi connectivity index (χ3v) is 5.12. The Labute approximate surface area is 178 Å². The molecule has 0 aliphatic heterocycles. The van der Waals surface area contributed by atoms with E-state index in [9.17, 15) is 14.9 Å². The van der Waals surface area contributed by atoms with Gasteiger partial charge in [0.15, 0.2) is 5.16 Å². The number of nitrogens with zero attached hydrogens (tertiary/aromatic N) is 2. The van der Waals surface area contributed by atoms with E-state index in [2.05, 4.69) is 9.97 Å². The molecule has 0 aliphatic carbocycles. The molecule has 0 atom stereocenters. The highest BCUT2D eigenvalue weighted by Gasteiger charge is 2.02. The molecule has 7 nitrogen and oxygen atoms in total. The van der Waals surface area contributed by atoms with Crippen LogP contribution < -0.4 is 10.3 Å². The average molecular weight is 423 g/mol. The predicted octanol–water partition coefficient (Wildman–Crippen LogP) is 4.80. The number of non-ortho nitro benzene ring substituents is 1. The molecule has 0 unspecified atom stereocenters. The molecule has 3 aromatic rings. The van der Waals surface area contributed by atoms with Crippen LogP contribution in [0.25, 0.3) is 12.2 Å². The lowest BCUT2D eigenvalue weighted by molar-refractivity contribution is -0.384. The minimum atomic E-state index is -0.409. The number of hydrogen-bond acceptors (Lipinski definition) is 6. The molecule has 0 amide bonds. The summed E-state index contributed by atoms with van der Waals surface area (Å²) in [5.41, 5.74) is 1.86. The fourth-order valence-electron chi connectivity index (χ4n) is 2.56. The van der Waals surface area contributed by atoms with Crippen molar-refractivity contribution in [1.29, 1.82) is 0 Å². The number of H-pyrrole nitrogens is 1. The van der Waals surface area contributed by atoms with Crippen molar-refractivity contribution in [3.8, 4) is 5.75 Å². The quantitative estimate of drug-likeness (QED) is 0.126. The molecule has 0 radical (unpaired) electrons. The summed E-state index contributed by atoms with van der Waals surface area (Å²) in [4.78, 5) is 28.3. The first kappa shape index (κ1) is 21.3. The van der Waals surface area contributed by atoms with Crippen molar-refractivity contribution in [2.45, 2.75) is 18.0 Å². The van der Waals surface area contributed by atoms with E-state index in [1.807, 2.05) is 36.4 Å². The second-order valence-corrected chi connectivity index (χ2v) is 7.48. The summed E-state index contributed by atoms with van der Waals surface area (Å²) in [6.45, 7) is 0.622. The molecule has 2 aromatic carbocycles. The van der Waals surface area contributed by atoms with Crippen molar-refractivity contribution in [3.05, 3.63) is 92.4 Å². The normalized spacial score (nSPS) is 10.9. The highest BCUT2D eigenvalue weighted by molar-refractivity contribution is 7.99. The molecular formula is C22H21N3O4S. The lowest BCUT2D eigenvalue weighted by Crippen LogP contribution is -2.05. The molecular weight excluding hydrogens is 402 g/mol. The molecule has 1 aromatic heterocycles. The van der Waals surface area contributed by atoms with Gasteiger partial charge in [0.25, 0.3) is 11.2 Å². The van der Waals surface area contributed by atoms with Gasteiger partial charge >= 0.3 is 0 Å². The number of unbranched alkanes of at least 4 members (excludes halogenated alkanes) is 1. The Morgan fingerprint density at radius 3 is 2.30 bits per heavy atom. The topological polar surface area (TPSA) is 98.1 Å². The summed E-state index contributed by atoms with van der Waals surface area (Å²) in [5.74, 6) is 1.67. The van der Waals surface area contributed by atoms with Gasteiger partial charge in [-0.05, 0) is 48.2 Å². The molecule has 154 valence electrons. The van der Waals surface area contributed by atoms with E-state index in [0.717, 1.165) is 35.5 Å². The molecule has 0 saturated heterocycles. The van der Waals surface area contributed by atoms with Crippen LogP contribution in [0, 0.1) is 10.1 Å². The van der Waals surface area contributed by atoms with Crippen LogP contribution in [0.1, 0.15) is 24.0 Å². The van der Waals surface area contributed by atoms with E-state index in [1.165, 1.54) is 36.2 Å². The van der Waals surface area contributed by atoms with Crippen LogP contribution in [0.3, 0.4) is 0 Å². The van der Waals surface area contributed by atoms with Crippen LogP contribution in [-0.4, -0.2) is 27.3 Å². The number of aromatic amines is 1. The van der Waals surface area contributed by atoms with Crippen LogP contribution >= 0.6 is 11.8 Å². The first-order chi connectivity index (χ1) is 14.6. The van der Waals surface area contributed by atoms with E-state index in [-0.39, 0.29) is 11.2 Å². The third-order valence-electron chi connectivity index (χ3n) is 4.15. The zero-order valence-electron chi connectivity index (χ0n) is 16.2. The first-order valence-electron chi connectivity index (χ1n) is 9.44. The second-order valence-electron chi connectivity index (χ2n) is 6.39. The Balaban J connectivity index is 1.38. The molecule has 0 fully saturated rings. The van der Waals surface area contributed by atoms with Crippen molar-refractivity contribution >= 4 is 29.6 Å². The minimum absolute atomic E-state index is 0.0823. The third kappa shape index (κ3) is 6.89. The van der Waals surface area contributed by atoms with E-state index < -0.39 is 4.92 Å². The van der Waals surface area contributed by atoms with Gasteiger partial charge < -0.3 is 9.72 Å². The molecule has 0 saturated carbocycles. The van der Waals surface area contributed by atoms with Gasteiger partial charge in [0, 0.05) is 30.1 Å². The van der Waals surface area contributed by atoms with Gasteiger partial charge in [-0.3, -0.25) is 14.9 Å². The van der Waals surface area contributed by atoms with E-state index >= 15 is 0 Å². The Hall–Kier alpha value is -3.39. The summed E-state index contributed by atoms with van der Waals surface area (Å²) >= 11 is 1.53. The van der Waals surface area contributed by atoms with E-state index in [0.29, 0.717) is 11.8 Å². The second kappa shape index (κ2) is 11.0. The summed E-state index contributed by atoms with van der Waals surface area (Å²) in [6.07, 6.45) is 7.23. The maximum Gasteiger partial charge on any atom is 0.269 e. The zero-order valence-corrected chi connectivity index (χ0v) is 17.0. The number of aromatic nitrogens is 2. The van der Waals surface area contributed by atoms with Gasteiger partial charge in [-0.15, -0.1) is 0 Å². The van der Waals surface area contributed by atoms with Gasteiger partial charge in [0.1, 0.15) is 5.75 Å². The number of rotatable bonds is 10. The van der Waals surface area contributed by atoms with Crippen LogP contribution in [0.2, 0.25) is 0 Å². The number of benzene rings is 2. The molecule has 3 rings (SSSR count). The molecule has 1 N–H and O–H groups in total. The Morgan fingerprint density at radius 1 is 1.00 bits per heavy atom. The maximum absolute atomic E-state index is 11.2. The van der Waals surface area contributed by atoms with Gasteiger partial charge in [0.2, 0.25) is 0 Å². The lowest BCUT2D eigenvalue weighted by Gasteiger charge is -2.06. The van der Waals surface area contributed by atoms with Crippen molar-refractivity contribution in [2.24, 2.45) is 0 Å². The number of thioether (sulfide) groups is 1. The maximum atomic E-state index is 11.2. The summed E-state index contributed by atoms with van der Waals surface area (Å²) in [7, 11) is 0. The van der Waals surface area contributed by atoms with Crippen LogP contribution in [0.4, 0.5) is 5.69 Å². The lowest BCUT2D eigenvalue weighted by atomic mass is 10.1. The van der Waals surface area contributed by atoms with Crippen molar-refractivity contribution in [3.63, 3.8) is 0 Å². The Bertz CT molecular complexity index is 1050. The van der Waals surface area contributed by atoms with Gasteiger partial charge in [-0.25, -0.2) is 4.98 Å². The Kier molecular flexibility index (Phi) is 7.79. The Morgan fingerprint density at radius 2 is 1.67 bits per heavy atom. The predicted molar refractivity (Wildman–Crippen MR) is 119 cm³/mol. The van der Waals surface area contributed by atoms with Gasteiger partial charge in [-0.1, -0.05) is 36.0 Å². The molecule has 30 heavy (non-hydrogen) atoms. The molecule has 0 bridgehead atoms. The van der Waals surface area contributed by atoms with E-state index in [1.54, 1.807) is 12.1 Å². The highest BCUT2D eigenvalue weighted by atomic mass is 32.2. The van der Waals surface area contributed by atoms with Crippen molar-refractivity contribution in [1.82, 2.24) is 9.97 Å². The monoisotopic (exact) mass is 423 g/mol. The number of nitrogens with one attached hydrogen (secondary N) is 1. The number of hydrogen-bond donors (Lipinski definition) is 1. The van der Waals surface area contributed by atoms with E-state index in [4.69, 9.17) is 4.74 Å². The molecule has 8 heteroatoms. The van der Waals surface area contributed by atoms with Crippen molar-refractivity contribution in [2.75, 3.05) is 12.4 Å². The van der Waals surface area contributed by atoms with Crippen LogP contribution in [-0.2, 0) is 0 Å². The fourth-order valence-corrected chi connectivity index (χ4v) is 3.41. The molecule has 1 heterocycles. The molecule has 0 spiro atoms. The smallest absolute Gasteiger partial charge is 0.269 e. The summed E-state index contributed by atoms with van der Waals surface area (Å²) < 4.78 is 5.76. The average Bonchev–Trinajstić information content (AvgIpc) is 2.76. The fraction of sp³-hybridized carbons (Fsp3) is 0.182. The first-order valence-corrected chi connectivity index (χ1v) is 10.4. The van der Waals surface area contributed by atoms with Crippen molar-refractivity contribution < 1.29 is 9.66 Å². The summed E-state index contributed by atoms with van der Waals surface area (Å²) in [5, 5.41) is 11.3.